The van der Waals surface area contributed by atoms with Crippen molar-refractivity contribution in [1.29, 1.82) is 0 Å². The Bertz CT molecular complexity index is 1280. The normalized spacial score (nSPS) is 10.7. The molecule has 30 heavy (non-hydrogen) atoms. The van der Waals surface area contributed by atoms with Crippen molar-refractivity contribution in [2.24, 2.45) is 7.05 Å². The van der Waals surface area contributed by atoms with Crippen molar-refractivity contribution in [2.75, 3.05) is 0 Å². The van der Waals surface area contributed by atoms with Crippen molar-refractivity contribution in [3.8, 4) is 33.9 Å². The first kappa shape index (κ1) is 19.7. The number of aromatic nitrogens is 7. The molecule has 0 aliphatic rings. The number of fused-ring (bicyclic) bond motifs is 1. The summed E-state index contributed by atoms with van der Waals surface area (Å²) in [4.78, 5) is 17.1. The highest BCUT2D eigenvalue weighted by molar-refractivity contribution is 6.33. The van der Waals surface area contributed by atoms with Crippen LogP contribution >= 0.6 is 11.6 Å². The summed E-state index contributed by atoms with van der Waals surface area (Å²) < 4.78 is 3.62. The number of aryl methyl sites for hydroxylation is 1. The van der Waals surface area contributed by atoms with Crippen molar-refractivity contribution in [1.82, 2.24) is 34.1 Å². The molecule has 0 N–H and O–H groups in total. The van der Waals surface area contributed by atoms with E-state index in [1.165, 1.54) is 0 Å². The highest BCUT2D eigenvalue weighted by Gasteiger charge is 2.20. The number of nitrogens with zero attached hydrogens (tertiary/aromatic N) is 7. The van der Waals surface area contributed by atoms with E-state index >= 15 is 0 Å². The maximum absolute atomic E-state index is 6.65. The Hall–Kier alpha value is -3.58. The largest absolute Gasteiger partial charge is 0.331 e. The fourth-order valence-corrected chi connectivity index (χ4v) is 3.54. The number of hydrogen-bond donors (Lipinski definition) is 0. The maximum atomic E-state index is 6.65. The Morgan fingerprint density at radius 2 is 1.50 bits per heavy atom. The van der Waals surface area contributed by atoms with Gasteiger partial charge in [0.1, 0.15) is 5.52 Å². The lowest BCUT2D eigenvalue weighted by Crippen LogP contribution is -2.02. The van der Waals surface area contributed by atoms with Gasteiger partial charge in [-0.15, -0.1) is 5.10 Å². The Kier molecular flexibility index (Phi) is 5.54. The molecule has 7 nitrogen and oxygen atoms in total. The minimum atomic E-state index is 0.361. The average Bonchev–Trinajstić information content (AvgIpc) is 3.40. The number of imidazole rings is 1. The first-order chi connectivity index (χ1) is 14.7. The van der Waals surface area contributed by atoms with E-state index in [0.29, 0.717) is 16.8 Å². The van der Waals surface area contributed by atoms with Gasteiger partial charge in [0.05, 0.1) is 0 Å². The number of rotatable bonds is 3. The summed E-state index contributed by atoms with van der Waals surface area (Å²) in [5, 5.41) is 5.04. The molecule has 0 saturated heterocycles. The first-order valence-electron chi connectivity index (χ1n) is 9.60. The predicted octanol–water partition coefficient (Wildman–Crippen LogP) is 4.93. The zero-order chi connectivity index (χ0) is 21.1. The molecule has 0 spiro atoms. The molecule has 150 valence electrons. The monoisotopic (exact) mass is 417 g/mol. The maximum Gasteiger partial charge on any atom is 0.217 e. The summed E-state index contributed by atoms with van der Waals surface area (Å²) in [5.41, 5.74) is 4.67. The third-order valence-corrected chi connectivity index (χ3v) is 4.83. The van der Waals surface area contributed by atoms with Gasteiger partial charge in [-0.1, -0.05) is 25.4 Å². The molecule has 0 aromatic carbocycles. The van der Waals surface area contributed by atoms with Crippen LogP contribution in [0.25, 0.3) is 39.4 Å². The first-order valence-corrected chi connectivity index (χ1v) is 9.97. The van der Waals surface area contributed by atoms with E-state index < -0.39 is 0 Å². The second kappa shape index (κ2) is 8.42. The molecular weight excluding hydrogens is 398 g/mol. The summed E-state index contributed by atoms with van der Waals surface area (Å²) in [5.74, 6) is 1.11. The lowest BCUT2D eigenvalue weighted by atomic mass is 9.99. The van der Waals surface area contributed by atoms with Crippen LogP contribution in [0.15, 0.2) is 67.6 Å². The van der Waals surface area contributed by atoms with E-state index in [4.69, 9.17) is 11.6 Å². The zero-order valence-electron chi connectivity index (χ0n) is 16.9. The topological polar surface area (TPSA) is 73.8 Å². The van der Waals surface area contributed by atoms with E-state index in [-0.39, 0.29) is 0 Å². The molecule has 8 heteroatoms. The van der Waals surface area contributed by atoms with E-state index in [9.17, 15) is 0 Å². The van der Waals surface area contributed by atoms with Crippen molar-refractivity contribution in [3.05, 3.63) is 72.8 Å². The molecular formula is C22H20ClN7. The fraction of sp³-hybridized carbons (Fsp3) is 0.136. The molecule has 0 unspecified atom stereocenters. The lowest BCUT2D eigenvalue weighted by molar-refractivity contribution is 0.860. The molecule has 0 radical (unpaired) electrons. The summed E-state index contributed by atoms with van der Waals surface area (Å²) in [6.45, 7) is 4.00. The van der Waals surface area contributed by atoms with Crippen LogP contribution in [0.1, 0.15) is 13.8 Å². The van der Waals surface area contributed by atoms with E-state index in [0.717, 1.165) is 27.8 Å². The van der Waals surface area contributed by atoms with Crippen molar-refractivity contribution < 1.29 is 0 Å². The summed E-state index contributed by atoms with van der Waals surface area (Å²) in [6, 6.07) is 7.81. The van der Waals surface area contributed by atoms with Crippen molar-refractivity contribution in [2.45, 2.75) is 13.8 Å². The van der Waals surface area contributed by atoms with E-state index in [1.807, 2.05) is 62.1 Å². The Morgan fingerprint density at radius 3 is 2.10 bits per heavy atom. The second-order valence-corrected chi connectivity index (χ2v) is 6.63. The molecule has 0 atom stereocenters. The number of pyridine rings is 2. The van der Waals surface area contributed by atoms with Crippen LogP contribution in [-0.2, 0) is 7.05 Å². The summed E-state index contributed by atoms with van der Waals surface area (Å²) >= 11 is 6.65. The van der Waals surface area contributed by atoms with Crippen molar-refractivity contribution >= 4 is 17.1 Å². The van der Waals surface area contributed by atoms with Crippen LogP contribution in [0.3, 0.4) is 0 Å². The van der Waals surface area contributed by atoms with E-state index in [2.05, 4.69) is 25.0 Å². The molecule has 0 aliphatic heterocycles. The molecule has 0 aliphatic carbocycles. The second-order valence-electron chi connectivity index (χ2n) is 6.27. The Labute approximate surface area is 179 Å². The SMILES string of the molecule is CC.Cn1ccnc1-c1nc(Cl)c2c(-c3ccncc3)c(-c3ccncc3)cn2n1. The minimum Gasteiger partial charge on any atom is -0.331 e. The quantitative estimate of drug-likeness (QED) is 0.416. The highest BCUT2D eigenvalue weighted by atomic mass is 35.5. The molecule has 5 aromatic rings. The Morgan fingerprint density at radius 1 is 0.867 bits per heavy atom. The standard InChI is InChI=1S/C20H14ClN7.C2H6/c1-27-11-10-24-20(27)19-25-18(21)17-16(14-4-8-23-9-5-14)15(12-28(17)26-19)13-2-6-22-7-3-13;1-2/h2-12H,1H3;1-2H3. The van der Waals surface area contributed by atoms with Crippen LogP contribution in [-0.4, -0.2) is 34.1 Å². The van der Waals surface area contributed by atoms with Gasteiger partial charge in [-0.05, 0) is 35.4 Å². The van der Waals surface area contributed by atoms with Gasteiger partial charge in [0.2, 0.25) is 5.82 Å². The summed E-state index contributed by atoms with van der Waals surface area (Å²) in [6.07, 6.45) is 12.6. The van der Waals surface area contributed by atoms with Gasteiger partial charge in [-0.2, -0.15) is 0 Å². The highest BCUT2D eigenvalue weighted by Crippen LogP contribution is 2.39. The van der Waals surface area contributed by atoms with Crippen LogP contribution in [0.2, 0.25) is 5.15 Å². The number of halogens is 1. The fourth-order valence-electron chi connectivity index (χ4n) is 3.28. The molecule has 5 aromatic heterocycles. The van der Waals surface area contributed by atoms with Crippen molar-refractivity contribution in [3.63, 3.8) is 0 Å². The van der Waals surface area contributed by atoms with Crippen LogP contribution < -0.4 is 0 Å². The molecule has 5 heterocycles. The third kappa shape index (κ3) is 3.44. The molecule has 0 bridgehead atoms. The van der Waals surface area contributed by atoms with Gasteiger partial charge in [0.15, 0.2) is 11.0 Å². The van der Waals surface area contributed by atoms with Gasteiger partial charge in [-0.3, -0.25) is 9.97 Å². The molecule has 0 saturated carbocycles. The summed E-state index contributed by atoms with van der Waals surface area (Å²) in [7, 11) is 1.89. The van der Waals surface area contributed by atoms with Gasteiger partial charge < -0.3 is 4.57 Å². The zero-order valence-corrected chi connectivity index (χ0v) is 17.6. The minimum absolute atomic E-state index is 0.361. The smallest absolute Gasteiger partial charge is 0.217 e. The van der Waals surface area contributed by atoms with Gasteiger partial charge >= 0.3 is 0 Å². The van der Waals surface area contributed by atoms with Gasteiger partial charge in [-0.25, -0.2) is 14.5 Å². The predicted molar refractivity (Wildman–Crippen MR) is 118 cm³/mol. The average molecular weight is 418 g/mol. The molecule has 5 rings (SSSR count). The van der Waals surface area contributed by atoms with Crippen LogP contribution in [0.4, 0.5) is 0 Å². The van der Waals surface area contributed by atoms with Gasteiger partial charge in [0, 0.05) is 61.6 Å². The van der Waals surface area contributed by atoms with E-state index in [1.54, 1.807) is 35.5 Å². The third-order valence-electron chi connectivity index (χ3n) is 4.57. The lowest BCUT2D eigenvalue weighted by Gasteiger charge is -2.07. The Balaban J connectivity index is 0.00000106. The van der Waals surface area contributed by atoms with Crippen LogP contribution in [0.5, 0.6) is 0 Å². The molecule has 0 amide bonds. The molecule has 0 fully saturated rings. The van der Waals surface area contributed by atoms with Crippen LogP contribution in [0, 0.1) is 0 Å². The number of hydrogen-bond acceptors (Lipinski definition) is 5. The van der Waals surface area contributed by atoms with Gasteiger partial charge in [0.25, 0.3) is 0 Å².